The predicted molar refractivity (Wildman–Crippen MR) is 75.5 cm³/mol. The Morgan fingerprint density at radius 3 is 2.75 bits per heavy atom. The van der Waals surface area contributed by atoms with Crippen molar-refractivity contribution in [2.45, 2.75) is 25.4 Å². The van der Waals surface area contributed by atoms with E-state index in [-0.39, 0.29) is 12.9 Å². The lowest BCUT2D eigenvalue weighted by molar-refractivity contribution is -0.0822. The van der Waals surface area contributed by atoms with Gasteiger partial charge in [0, 0.05) is 11.8 Å². The van der Waals surface area contributed by atoms with Gasteiger partial charge in [0.1, 0.15) is 6.10 Å². The molecule has 0 aromatic rings. The second-order valence-electron chi connectivity index (χ2n) is 5.07. The van der Waals surface area contributed by atoms with Gasteiger partial charge < -0.3 is 4.74 Å². The van der Waals surface area contributed by atoms with E-state index in [1.807, 2.05) is 24.3 Å². The third kappa shape index (κ3) is 3.31. The van der Waals surface area contributed by atoms with Crippen LogP contribution >= 0.6 is 0 Å². The average molecular weight is 281 g/mol. The lowest BCUT2D eigenvalue weighted by Gasteiger charge is -2.27. The number of hydrogen-bond acceptors (Lipinski definition) is 1. The molecule has 108 valence electrons. The average Bonchev–Trinajstić information content (AvgIpc) is 2.47. The third-order valence-corrected chi connectivity index (χ3v) is 3.72. The Labute approximate surface area is 117 Å². The molecule has 0 aromatic heterocycles. The molecule has 0 aromatic carbocycles. The Bertz CT molecular complexity index is 475. The number of halogens is 2. The summed E-state index contributed by atoms with van der Waals surface area (Å²) in [5.41, 5.74) is 1.18. The van der Waals surface area contributed by atoms with E-state index in [2.05, 4.69) is 18.2 Å². The molecule has 1 N–H and O–H groups in total. The predicted octanol–water partition coefficient (Wildman–Crippen LogP) is 3.45. The zero-order valence-corrected chi connectivity index (χ0v) is 11.4. The van der Waals surface area contributed by atoms with Crippen molar-refractivity contribution in [3.8, 4) is 0 Å². The first-order chi connectivity index (χ1) is 9.54. The first-order valence-electron chi connectivity index (χ1n) is 6.75. The molecular formula is C16H19F2O2+. The van der Waals surface area contributed by atoms with Gasteiger partial charge in [-0.1, -0.05) is 48.1 Å². The molecule has 3 unspecified atom stereocenters. The van der Waals surface area contributed by atoms with E-state index in [1.165, 1.54) is 12.5 Å². The quantitative estimate of drug-likeness (QED) is 0.542. The highest BCUT2D eigenvalue weighted by Crippen LogP contribution is 2.33. The summed E-state index contributed by atoms with van der Waals surface area (Å²) in [7, 11) is 0. The SMILES string of the molecule is CC(OCCC1=CC=CC2C=CC=CC12)C(F)(F)C=[OH+]. The summed E-state index contributed by atoms with van der Waals surface area (Å²) >= 11 is 0. The van der Waals surface area contributed by atoms with Gasteiger partial charge in [-0.2, -0.15) is 8.78 Å². The van der Waals surface area contributed by atoms with Gasteiger partial charge in [-0.25, -0.2) is 0 Å². The van der Waals surface area contributed by atoms with Crippen molar-refractivity contribution < 1.29 is 18.3 Å². The molecule has 0 fully saturated rings. The standard InChI is InChI=1S/C16H18F2O2/c1-12(16(17,18)11-19)20-10-9-14-7-4-6-13-5-2-3-8-15(13)14/h2-8,11-13,15H,9-10H2,1H3/p+1. The number of alkyl halides is 2. The highest BCUT2D eigenvalue weighted by Gasteiger charge is 2.41. The van der Waals surface area contributed by atoms with E-state index in [1.54, 1.807) is 0 Å². The van der Waals surface area contributed by atoms with Gasteiger partial charge in [-0.3, -0.25) is 4.79 Å². The lowest BCUT2D eigenvalue weighted by Crippen LogP contribution is -2.35. The van der Waals surface area contributed by atoms with E-state index in [9.17, 15) is 8.78 Å². The molecule has 2 nitrogen and oxygen atoms in total. The van der Waals surface area contributed by atoms with Crippen LogP contribution in [-0.2, 0) is 4.74 Å². The first kappa shape index (κ1) is 14.9. The van der Waals surface area contributed by atoms with E-state index < -0.39 is 12.0 Å². The Morgan fingerprint density at radius 1 is 1.30 bits per heavy atom. The minimum Gasteiger partial charge on any atom is -0.371 e. The van der Waals surface area contributed by atoms with Crippen molar-refractivity contribution >= 4 is 6.29 Å². The van der Waals surface area contributed by atoms with Crippen LogP contribution < -0.4 is 0 Å². The van der Waals surface area contributed by atoms with Gasteiger partial charge in [0.15, 0.2) is 0 Å². The number of fused-ring (bicyclic) bond motifs is 1. The Hall–Kier alpha value is -1.55. The van der Waals surface area contributed by atoms with Gasteiger partial charge >= 0.3 is 12.2 Å². The number of carbonyl (C=O) groups excluding carboxylic acids is 1. The van der Waals surface area contributed by atoms with Gasteiger partial charge in [-0.05, 0) is 13.3 Å². The van der Waals surface area contributed by atoms with E-state index in [0.717, 1.165) is 0 Å². The van der Waals surface area contributed by atoms with E-state index >= 15 is 0 Å². The van der Waals surface area contributed by atoms with Gasteiger partial charge in [0.2, 0.25) is 0 Å². The first-order valence-corrected chi connectivity index (χ1v) is 6.75. The number of ether oxygens (including phenoxy) is 1. The zero-order chi connectivity index (χ0) is 14.6. The normalized spacial score (nSPS) is 26.1. The highest BCUT2D eigenvalue weighted by molar-refractivity contribution is 5.61. The monoisotopic (exact) mass is 281 g/mol. The van der Waals surface area contributed by atoms with Crippen molar-refractivity contribution in [1.82, 2.24) is 0 Å². The van der Waals surface area contributed by atoms with Crippen LogP contribution in [0.3, 0.4) is 0 Å². The number of hydrogen-bond donors (Lipinski definition) is 0. The van der Waals surface area contributed by atoms with Crippen LogP contribution in [0.4, 0.5) is 8.78 Å². The topological polar surface area (TPSA) is 30.6 Å². The molecule has 20 heavy (non-hydrogen) atoms. The Morgan fingerprint density at radius 2 is 2.00 bits per heavy atom. The maximum Gasteiger partial charge on any atom is 0.376 e. The summed E-state index contributed by atoms with van der Waals surface area (Å²) in [5, 5.41) is 0. The lowest BCUT2D eigenvalue weighted by atomic mass is 9.78. The van der Waals surface area contributed by atoms with Gasteiger partial charge in [0.05, 0.1) is 6.61 Å². The van der Waals surface area contributed by atoms with Crippen molar-refractivity contribution in [3.05, 3.63) is 48.1 Å². The molecule has 0 spiro atoms. The number of rotatable bonds is 6. The summed E-state index contributed by atoms with van der Waals surface area (Å²) in [5.74, 6) is -2.66. The maximum atomic E-state index is 13.1. The van der Waals surface area contributed by atoms with Crippen LogP contribution in [0.15, 0.2) is 48.1 Å². The summed E-state index contributed by atoms with van der Waals surface area (Å²) in [6.45, 7) is 1.47. The molecular weight excluding hydrogens is 262 g/mol. The van der Waals surface area contributed by atoms with Crippen LogP contribution in [0.2, 0.25) is 0 Å². The second-order valence-corrected chi connectivity index (χ2v) is 5.07. The van der Waals surface area contributed by atoms with Crippen LogP contribution in [0, 0.1) is 11.8 Å². The van der Waals surface area contributed by atoms with Gasteiger partial charge in [0.25, 0.3) is 0 Å². The second kappa shape index (κ2) is 6.27. The van der Waals surface area contributed by atoms with Crippen molar-refractivity contribution in [1.29, 1.82) is 0 Å². The minimum absolute atomic E-state index is 0.106. The molecule has 0 heterocycles. The van der Waals surface area contributed by atoms with Crippen molar-refractivity contribution in [2.75, 3.05) is 6.61 Å². The minimum atomic E-state index is -3.31. The molecule has 2 rings (SSSR count). The van der Waals surface area contributed by atoms with E-state index in [0.29, 0.717) is 18.3 Å². The van der Waals surface area contributed by atoms with Crippen LogP contribution in [0.5, 0.6) is 0 Å². The summed E-state index contributed by atoms with van der Waals surface area (Å²) in [6.07, 6.45) is 13.6. The summed E-state index contributed by atoms with van der Waals surface area (Å²) in [6, 6.07) is 0. The molecule has 4 heteroatoms. The fraction of sp³-hybridized carbons (Fsp3) is 0.438. The third-order valence-electron chi connectivity index (χ3n) is 3.72. The molecule has 0 radical (unpaired) electrons. The smallest absolute Gasteiger partial charge is 0.371 e. The van der Waals surface area contributed by atoms with Gasteiger partial charge in [-0.15, -0.1) is 0 Å². The molecule has 0 saturated carbocycles. The van der Waals surface area contributed by atoms with Crippen LogP contribution in [-0.4, -0.2) is 29.7 Å². The van der Waals surface area contributed by atoms with E-state index in [4.69, 9.17) is 9.53 Å². The van der Waals surface area contributed by atoms with Crippen LogP contribution in [0.25, 0.3) is 0 Å². The molecule has 0 saturated heterocycles. The highest BCUT2D eigenvalue weighted by atomic mass is 19.3. The summed E-state index contributed by atoms with van der Waals surface area (Å²) < 4.78 is 31.3. The van der Waals surface area contributed by atoms with Crippen molar-refractivity contribution in [3.63, 3.8) is 0 Å². The van der Waals surface area contributed by atoms with Crippen LogP contribution in [0.1, 0.15) is 13.3 Å². The number of aldehydes is 1. The summed E-state index contributed by atoms with van der Waals surface area (Å²) in [4.78, 5) is 8.47. The Balaban J connectivity index is 1.87. The fourth-order valence-electron chi connectivity index (χ4n) is 2.42. The maximum absolute atomic E-state index is 13.1. The fourth-order valence-corrected chi connectivity index (χ4v) is 2.42. The number of allylic oxidation sites excluding steroid dienone is 7. The molecule has 2 aliphatic rings. The van der Waals surface area contributed by atoms with Crippen molar-refractivity contribution in [2.24, 2.45) is 11.8 Å². The molecule has 2 aliphatic carbocycles. The largest absolute Gasteiger partial charge is 0.376 e. The molecule has 0 aliphatic heterocycles. The Kier molecular flexibility index (Phi) is 4.65. The zero-order valence-electron chi connectivity index (χ0n) is 11.4. The molecule has 3 atom stereocenters. The molecule has 0 bridgehead atoms. The molecule has 0 amide bonds.